The average Bonchev–Trinajstić information content (AvgIpc) is 2.57. The Bertz CT molecular complexity index is 562. The van der Waals surface area contributed by atoms with E-state index in [9.17, 15) is 0 Å². The van der Waals surface area contributed by atoms with Crippen LogP contribution in [-0.4, -0.2) is 10.6 Å². The van der Waals surface area contributed by atoms with Gasteiger partial charge in [0.2, 0.25) is 0 Å². The van der Waals surface area contributed by atoms with E-state index in [0.717, 1.165) is 11.4 Å². The van der Waals surface area contributed by atoms with Gasteiger partial charge in [0, 0.05) is 24.0 Å². The van der Waals surface area contributed by atoms with Gasteiger partial charge in [0.15, 0.2) is 0 Å². The summed E-state index contributed by atoms with van der Waals surface area (Å²) in [5, 5.41) is 4.67. The number of hydrogen-bond donors (Lipinski definition) is 1. The molecule has 1 N–H and O–H groups in total. The van der Waals surface area contributed by atoms with Crippen molar-refractivity contribution in [3.63, 3.8) is 0 Å². The lowest BCUT2D eigenvalue weighted by Crippen LogP contribution is -2.21. The molecule has 2 aromatic rings. The van der Waals surface area contributed by atoms with E-state index in [1.54, 1.807) is 0 Å². The summed E-state index contributed by atoms with van der Waals surface area (Å²) in [5.74, 6) is 0. The van der Waals surface area contributed by atoms with Crippen LogP contribution in [0.5, 0.6) is 0 Å². The maximum atomic E-state index is 4.12. The summed E-state index contributed by atoms with van der Waals surface area (Å²) in [6.45, 7) is 10.5. The Morgan fingerprint density at radius 3 is 2.65 bits per heavy atom. The highest BCUT2D eigenvalue weighted by atomic mass is 15.0. The average molecular weight is 228 g/mol. The van der Waals surface area contributed by atoms with E-state index in [1.165, 1.54) is 16.5 Å². The third-order valence-corrected chi connectivity index (χ3v) is 3.08. The summed E-state index contributed by atoms with van der Waals surface area (Å²) < 4.78 is 2.19. The second-order valence-corrected chi connectivity index (χ2v) is 4.87. The van der Waals surface area contributed by atoms with Gasteiger partial charge in [-0.1, -0.05) is 18.7 Å². The molecule has 0 unspecified atom stereocenters. The van der Waals surface area contributed by atoms with Gasteiger partial charge in [0.25, 0.3) is 0 Å². The number of nitrogens with one attached hydrogen (secondary N) is 1. The molecule has 1 aromatic heterocycles. The SMILES string of the molecule is C=C(NC(C)C)c1cc2c(C)cccc2n1C. The molecule has 17 heavy (non-hydrogen) atoms. The molecule has 0 amide bonds. The van der Waals surface area contributed by atoms with Crippen molar-refractivity contribution in [3.8, 4) is 0 Å². The van der Waals surface area contributed by atoms with Gasteiger partial charge in [-0.2, -0.15) is 0 Å². The minimum Gasteiger partial charge on any atom is -0.382 e. The number of aryl methyl sites for hydroxylation is 2. The van der Waals surface area contributed by atoms with Gasteiger partial charge in [0.1, 0.15) is 0 Å². The summed E-state index contributed by atoms with van der Waals surface area (Å²) in [5.41, 5.74) is 4.70. The number of fused-ring (bicyclic) bond motifs is 1. The van der Waals surface area contributed by atoms with Crippen LogP contribution in [0, 0.1) is 6.92 Å². The first-order valence-corrected chi connectivity index (χ1v) is 6.01. The maximum Gasteiger partial charge on any atom is 0.0644 e. The van der Waals surface area contributed by atoms with Crippen molar-refractivity contribution in [1.29, 1.82) is 0 Å². The largest absolute Gasteiger partial charge is 0.382 e. The van der Waals surface area contributed by atoms with Crippen molar-refractivity contribution in [2.75, 3.05) is 0 Å². The van der Waals surface area contributed by atoms with E-state index >= 15 is 0 Å². The summed E-state index contributed by atoms with van der Waals surface area (Å²) in [4.78, 5) is 0. The summed E-state index contributed by atoms with van der Waals surface area (Å²) in [7, 11) is 2.09. The van der Waals surface area contributed by atoms with Crippen molar-refractivity contribution in [1.82, 2.24) is 9.88 Å². The number of hydrogen-bond acceptors (Lipinski definition) is 1. The lowest BCUT2D eigenvalue weighted by molar-refractivity contribution is 0.711. The zero-order valence-electron chi connectivity index (χ0n) is 11.0. The summed E-state index contributed by atoms with van der Waals surface area (Å²) >= 11 is 0. The molecule has 2 heteroatoms. The second-order valence-electron chi connectivity index (χ2n) is 4.87. The topological polar surface area (TPSA) is 17.0 Å². The van der Waals surface area contributed by atoms with E-state index in [2.05, 4.69) is 68.5 Å². The van der Waals surface area contributed by atoms with Gasteiger partial charge in [-0.15, -0.1) is 0 Å². The highest BCUT2D eigenvalue weighted by molar-refractivity contribution is 5.87. The molecule has 0 saturated heterocycles. The van der Waals surface area contributed by atoms with Crippen LogP contribution >= 0.6 is 0 Å². The summed E-state index contributed by atoms with van der Waals surface area (Å²) in [6.07, 6.45) is 0. The van der Waals surface area contributed by atoms with Crippen molar-refractivity contribution in [2.24, 2.45) is 7.05 Å². The van der Waals surface area contributed by atoms with Gasteiger partial charge >= 0.3 is 0 Å². The van der Waals surface area contributed by atoms with E-state index < -0.39 is 0 Å². The fraction of sp³-hybridized carbons (Fsp3) is 0.333. The van der Waals surface area contributed by atoms with Crippen LogP contribution in [0.1, 0.15) is 25.1 Å². The molecule has 1 heterocycles. The number of rotatable bonds is 3. The van der Waals surface area contributed by atoms with Crippen LogP contribution in [0.25, 0.3) is 16.6 Å². The normalized spacial score (nSPS) is 11.1. The van der Waals surface area contributed by atoms with Gasteiger partial charge in [0.05, 0.1) is 11.4 Å². The molecule has 0 aliphatic carbocycles. The van der Waals surface area contributed by atoms with Crippen LogP contribution < -0.4 is 5.32 Å². The molecule has 0 saturated carbocycles. The fourth-order valence-corrected chi connectivity index (χ4v) is 2.22. The van der Waals surface area contributed by atoms with Crippen molar-refractivity contribution < 1.29 is 0 Å². The van der Waals surface area contributed by atoms with Crippen LogP contribution in [0.4, 0.5) is 0 Å². The maximum absolute atomic E-state index is 4.12. The van der Waals surface area contributed by atoms with Gasteiger partial charge < -0.3 is 9.88 Å². The molecule has 2 rings (SSSR count). The third-order valence-electron chi connectivity index (χ3n) is 3.08. The minimum absolute atomic E-state index is 0.404. The van der Waals surface area contributed by atoms with Crippen molar-refractivity contribution >= 4 is 16.6 Å². The fourth-order valence-electron chi connectivity index (χ4n) is 2.22. The second kappa shape index (κ2) is 4.28. The highest BCUT2D eigenvalue weighted by Gasteiger charge is 2.10. The molecule has 2 nitrogen and oxygen atoms in total. The van der Waals surface area contributed by atoms with Crippen LogP contribution in [0.2, 0.25) is 0 Å². The van der Waals surface area contributed by atoms with Crippen molar-refractivity contribution in [2.45, 2.75) is 26.8 Å². The Morgan fingerprint density at radius 1 is 1.35 bits per heavy atom. The summed E-state index contributed by atoms with van der Waals surface area (Å²) in [6, 6.07) is 9.00. The number of aromatic nitrogens is 1. The molecule has 0 atom stereocenters. The van der Waals surface area contributed by atoms with E-state index in [1.807, 2.05) is 0 Å². The molecule has 0 aliphatic heterocycles. The van der Waals surface area contributed by atoms with Crippen LogP contribution in [0.15, 0.2) is 30.8 Å². The molecule has 0 aliphatic rings. The number of benzene rings is 1. The quantitative estimate of drug-likeness (QED) is 0.851. The van der Waals surface area contributed by atoms with Crippen LogP contribution in [0.3, 0.4) is 0 Å². The zero-order valence-corrected chi connectivity index (χ0v) is 11.0. The Labute approximate surface area is 103 Å². The predicted molar refractivity (Wildman–Crippen MR) is 75.0 cm³/mol. The first-order chi connectivity index (χ1) is 8.00. The lowest BCUT2D eigenvalue weighted by atomic mass is 10.1. The van der Waals surface area contributed by atoms with Gasteiger partial charge in [-0.25, -0.2) is 0 Å². The molecule has 0 bridgehead atoms. The molecule has 0 spiro atoms. The van der Waals surface area contributed by atoms with Crippen LogP contribution in [-0.2, 0) is 7.05 Å². The molecule has 90 valence electrons. The Hall–Kier alpha value is -1.70. The Balaban J connectivity index is 2.52. The smallest absolute Gasteiger partial charge is 0.0644 e. The lowest BCUT2D eigenvalue weighted by Gasteiger charge is -2.13. The molecule has 0 radical (unpaired) electrons. The molecule has 1 aromatic carbocycles. The minimum atomic E-state index is 0.404. The van der Waals surface area contributed by atoms with E-state index in [4.69, 9.17) is 0 Å². The third kappa shape index (κ3) is 2.07. The molecule has 0 fully saturated rings. The van der Waals surface area contributed by atoms with E-state index in [0.29, 0.717) is 6.04 Å². The first-order valence-electron chi connectivity index (χ1n) is 6.01. The monoisotopic (exact) mass is 228 g/mol. The predicted octanol–water partition coefficient (Wildman–Crippen LogP) is 3.46. The zero-order chi connectivity index (χ0) is 12.6. The highest BCUT2D eigenvalue weighted by Crippen LogP contribution is 2.24. The van der Waals surface area contributed by atoms with E-state index in [-0.39, 0.29) is 0 Å². The van der Waals surface area contributed by atoms with Crippen molar-refractivity contribution in [3.05, 3.63) is 42.1 Å². The number of nitrogens with zero attached hydrogens (tertiary/aromatic N) is 1. The Kier molecular flexibility index (Phi) is 2.97. The molecular weight excluding hydrogens is 208 g/mol. The first kappa shape index (κ1) is 11.8. The Morgan fingerprint density at radius 2 is 2.06 bits per heavy atom. The van der Waals surface area contributed by atoms with Gasteiger partial charge in [-0.3, -0.25) is 0 Å². The van der Waals surface area contributed by atoms with Gasteiger partial charge in [-0.05, 0) is 38.5 Å². The standard InChI is InChI=1S/C15H20N2/c1-10(2)16-12(4)15-9-13-11(3)7-6-8-14(13)17(15)5/h6-10,16H,4H2,1-3,5H3. The molecular formula is C15H20N2.